The summed E-state index contributed by atoms with van der Waals surface area (Å²) in [6, 6.07) is 9.17. The standard InChI is InChI=1S/C12H12N2O3/c13-8-4-7-10(12(16)17)14-11(15)9-5-2-1-3-6-9/h1-3,5-6,10H,4,7H2,(H,14,15)(H,16,17)/t10-/m1/s1. The molecule has 1 amide bonds. The summed E-state index contributed by atoms with van der Waals surface area (Å²) in [5.74, 6) is -1.58. The molecule has 0 aliphatic carbocycles. The molecule has 88 valence electrons. The molecule has 1 aromatic rings. The third kappa shape index (κ3) is 3.95. The smallest absolute Gasteiger partial charge is 0.326 e. The second kappa shape index (κ2) is 6.28. The fourth-order valence-corrected chi connectivity index (χ4v) is 1.30. The lowest BCUT2D eigenvalue weighted by atomic mass is 10.1. The summed E-state index contributed by atoms with van der Waals surface area (Å²) >= 11 is 0. The first kappa shape index (κ1) is 12.7. The molecule has 0 spiro atoms. The molecule has 0 heterocycles. The van der Waals surface area contributed by atoms with Crippen LogP contribution in [0.4, 0.5) is 0 Å². The molecule has 5 nitrogen and oxygen atoms in total. The molecule has 0 saturated heterocycles. The minimum atomic E-state index is -1.13. The first-order valence-corrected chi connectivity index (χ1v) is 5.11. The number of nitrogens with zero attached hydrogens (tertiary/aromatic N) is 1. The van der Waals surface area contributed by atoms with Crippen molar-refractivity contribution in [2.45, 2.75) is 18.9 Å². The Balaban J connectivity index is 2.65. The van der Waals surface area contributed by atoms with E-state index < -0.39 is 17.9 Å². The van der Waals surface area contributed by atoms with Crippen molar-refractivity contribution < 1.29 is 14.7 Å². The number of hydrogen-bond acceptors (Lipinski definition) is 3. The van der Waals surface area contributed by atoms with E-state index in [0.717, 1.165) is 0 Å². The van der Waals surface area contributed by atoms with Crippen LogP contribution in [-0.4, -0.2) is 23.0 Å². The Labute approximate surface area is 98.7 Å². The number of benzene rings is 1. The lowest BCUT2D eigenvalue weighted by Gasteiger charge is -2.12. The highest BCUT2D eigenvalue weighted by Gasteiger charge is 2.19. The van der Waals surface area contributed by atoms with Crippen molar-refractivity contribution in [2.75, 3.05) is 0 Å². The molecule has 0 fully saturated rings. The van der Waals surface area contributed by atoms with Crippen LogP contribution in [0.15, 0.2) is 30.3 Å². The van der Waals surface area contributed by atoms with Crippen molar-refractivity contribution in [3.8, 4) is 6.07 Å². The minimum absolute atomic E-state index is 0.0893. The summed E-state index contributed by atoms with van der Waals surface area (Å²) < 4.78 is 0. The van der Waals surface area contributed by atoms with Crippen LogP contribution in [0.3, 0.4) is 0 Å². The van der Waals surface area contributed by atoms with Crippen LogP contribution >= 0.6 is 0 Å². The zero-order chi connectivity index (χ0) is 12.7. The van der Waals surface area contributed by atoms with Crippen LogP contribution in [0, 0.1) is 11.3 Å². The van der Waals surface area contributed by atoms with E-state index in [9.17, 15) is 9.59 Å². The molecule has 5 heteroatoms. The van der Waals surface area contributed by atoms with Crippen LogP contribution < -0.4 is 5.32 Å². The first-order valence-electron chi connectivity index (χ1n) is 5.11. The summed E-state index contributed by atoms with van der Waals surface area (Å²) in [6.07, 6.45) is 0.191. The van der Waals surface area contributed by atoms with Gasteiger partial charge in [-0.3, -0.25) is 4.79 Å². The highest BCUT2D eigenvalue weighted by Crippen LogP contribution is 2.02. The van der Waals surface area contributed by atoms with E-state index in [1.165, 1.54) is 0 Å². The Morgan fingerprint density at radius 3 is 2.53 bits per heavy atom. The Morgan fingerprint density at radius 2 is 2.00 bits per heavy atom. The number of nitriles is 1. The molecule has 17 heavy (non-hydrogen) atoms. The van der Waals surface area contributed by atoms with Gasteiger partial charge in [0.1, 0.15) is 6.04 Å². The maximum atomic E-state index is 11.7. The Kier molecular flexibility index (Phi) is 4.70. The maximum absolute atomic E-state index is 11.7. The van der Waals surface area contributed by atoms with Crippen LogP contribution in [0.2, 0.25) is 0 Å². The van der Waals surface area contributed by atoms with Crippen LogP contribution in [0.1, 0.15) is 23.2 Å². The summed E-state index contributed by atoms with van der Waals surface area (Å²) in [5, 5.41) is 19.6. The largest absolute Gasteiger partial charge is 0.480 e. The van der Waals surface area contributed by atoms with E-state index in [4.69, 9.17) is 10.4 Å². The van der Waals surface area contributed by atoms with Gasteiger partial charge < -0.3 is 10.4 Å². The highest BCUT2D eigenvalue weighted by atomic mass is 16.4. The van der Waals surface area contributed by atoms with E-state index in [0.29, 0.717) is 5.56 Å². The predicted molar refractivity (Wildman–Crippen MR) is 60.2 cm³/mol. The number of carbonyl (C=O) groups is 2. The molecule has 0 aliphatic heterocycles. The number of aliphatic carboxylic acids is 1. The Bertz CT molecular complexity index is 437. The van der Waals surface area contributed by atoms with Gasteiger partial charge in [-0.1, -0.05) is 18.2 Å². The number of rotatable bonds is 5. The third-order valence-electron chi connectivity index (χ3n) is 2.18. The quantitative estimate of drug-likeness (QED) is 0.797. The Hall–Kier alpha value is -2.35. The number of carboxylic acids is 1. The summed E-state index contributed by atoms with van der Waals surface area (Å²) in [6.45, 7) is 0. The van der Waals surface area contributed by atoms with E-state index in [-0.39, 0.29) is 12.8 Å². The summed E-state index contributed by atoms with van der Waals surface area (Å²) in [5.41, 5.74) is 0.399. The minimum Gasteiger partial charge on any atom is -0.480 e. The molecule has 0 bridgehead atoms. The van der Waals surface area contributed by atoms with Gasteiger partial charge in [0, 0.05) is 12.0 Å². The fourth-order valence-electron chi connectivity index (χ4n) is 1.30. The van der Waals surface area contributed by atoms with Crippen molar-refractivity contribution in [1.82, 2.24) is 5.32 Å². The van der Waals surface area contributed by atoms with Gasteiger partial charge in [0.15, 0.2) is 0 Å². The van der Waals surface area contributed by atoms with Crippen molar-refractivity contribution in [3.05, 3.63) is 35.9 Å². The molecular formula is C12H12N2O3. The van der Waals surface area contributed by atoms with Crippen molar-refractivity contribution in [1.29, 1.82) is 5.26 Å². The molecule has 0 saturated carbocycles. The number of amides is 1. The van der Waals surface area contributed by atoms with Crippen LogP contribution in [0.25, 0.3) is 0 Å². The monoisotopic (exact) mass is 232 g/mol. The van der Waals surface area contributed by atoms with Gasteiger partial charge in [-0.15, -0.1) is 0 Å². The topological polar surface area (TPSA) is 90.2 Å². The average Bonchev–Trinajstić information content (AvgIpc) is 2.35. The SMILES string of the molecule is N#CCC[C@@H](NC(=O)c1ccccc1)C(=O)O. The van der Waals surface area contributed by atoms with Crippen molar-refractivity contribution >= 4 is 11.9 Å². The second-order valence-electron chi connectivity index (χ2n) is 3.43. The lowest BCUT2D eigenvalue weighted by molar-refractivity contribution is -0.139. The van der Waals surface area contributed by atoms with Gasteiger partial charge >= 0.3 is 5.97 Å². The molecule has 0 aliphatic rings. The van der Waals surface area contributed by atoms with Crippen molar-refractivity contribution in [3.63, 3.8) is 0 Å². The first-order chi connectivity index (χ1) is 8.15. The predicted octanol–water partition coefficient (Wildman–Crippen LogP) is 1.17. The number of nitrogens with one attached hydrogen (secondary N) is 1. The molecule has 1 rings (SSSR count). The molecule has 1 aromatic carbocycles. The maximum Gasteiger partial charge on any atom is 0.326 e. The zero-order valence-electron chi connectivity index (χ0n) is 9.09. The van der Waals surface area contributed by atoms with Gasteiger partial charge in [-0.25, -0.2) is 4.79 Å². The highest BCUT2D eigenvalue weighted by molar-refractivity contribution is 5.96. The molecular weight excluding hydrogens is 220 g/mol. The fraction of sp³-hybridized carbons (Fsp3) is 0.250. The number of carboxylic acid groups (broad SMARTS) is 1. The second-order valence-corrected chi connectivity index (χ2v) is 3.43. The van der Waals surface area contributed by atoms with E-state index >= 15 is 0 Å². The van der Waals surface area contributed by atoms with Crippen LogP contribution in [0.5, 0.6) is 0 Å². The normalized spacial score (nSPS) is 11.2. The van der Waals surface area contributed by atoms with Gasteiger partial charge in [0.25, 0.3) is 5.91 Å². The van der Waals surface area contributed by atoms with Gasteiger partial charge in [0.2, 0.25) is 0 Å². The molecule has 2 N–H and O–H groups in total. The Morgan fingerprint density at radius 1 is 1.35 bits per heavy atom. The summed E-state index contributed by atoms with van der Waals surface area (Å²) in [4.78, 5) is 22.5. The average molecular weight is 232 g/mol. The number of hydrogen-bond donors (Lipinski definition) is 2. The van der Waals surface area contributed by atoms with E-state index in [1.807, 2.05) is 6.07 Å². The molecule has 0 radical (unpaired) electrons. The molecule has 0 unspecified atom stereocenters. The molecule has 1 atom stereocenters. The van der Waals surface area contributed by atoms with E-state index in [1.54, 1.807) is 30.3 Å². The van der Waals surface area contributed by atoms with Gasteiger partial charge in [0.05, 0.1) is 6.07 Å². The summed E-state index contributed by atoms with van der Waals surface area (Å²) in [7, 11) is 0. The molecule has 0 aromatic heterocycles. The van der Waals surface area contributed by atoms with E-state index in [2.05, 4.69) is 5.32 Å². The van der Waals surface area contributed by atoms with Crippen LogP contribution in [-0.2, 0) is 4.79 Å². The van der Waals surface area contributed by atoms with Gasteiger partial charge in [-0.05, 0) is 18.6 Å². The zero-order valence-corrected chi connectivity index (χ0v) is 9.09. The van der Waals surface area contributed by atoms with Crippen molar-refractivity contribution in [2.24, 2.45) is 0 Å². The number of carbonyl (C=O) groups excluding carboxylic acids is 1. The van der Waals surface area contributed by atoms with Gasteiger partial charge in [-0.2, -0.15) is 5.26 Å². The third-order valence-corrected chi connectivity index (χ3v) is 2.18. The lowest BCUT2D eigenvalue weighted by Crippen LogP contribution is -2.40.